The summed E-state index contributed by atoms with van der Waals surface area (Å²) in [5.74, 6) is -1.88. The van der Waals surface area contributed by atoms with Gasteiger partial charge in [-0.1, -0.05) is 35.9 Å². The van der Waals surface area contributed by atoms with E-state index in [2.05, 4.69) is 4.74 Å². The van der Waals surface area contributed by atoms with E-state index < -0.39 is 17.9 Å². The summed E-state index contributed by atoms with van der Waals surface area (Å²) in [4.78, 5) is 0. The van der Waals surface area contributed by atoms with Crippen LogP contribution >= 0.6 is 0 Å². The summed E-state index contributed by atoms with van der Waals surface area (Å²) in [6.07, 6.45) is -4.90. The molecule has 0 spiro atoms. The predicted octanol–water partition coefficient (Wildman–Crippen LogP) is 4.70. The van der Waals surface area contributed by atoms with Gasteiger partial charge in [0.2, 0.25) is 0 Å². The summed E-state index contributed by atoms with van der Waals surface area (Å²) in [5.41, 5.74) is 2.26. The Morgan fingerprint density at radius 2 is 1.47 bits per heavy atom. The molecule has 0 atom stereocenters. The second kappa shape index (κ2) is 4.91. The lowest BCUT2D eigenvalue weighted by molar-refractivity contribution is -0.275. The van der Waals surface area contributed by atoms with Gasteiger partial charge in [0.1, 0.15) is 0 Å². The highest BCUT2D eigenvalue weighted by atomic mass is 19.4. The molecule has 5 heteroatoms. The van der Waals surface area contributed by atoms with Crippen LogP contribution in [-0.2, 0) is 0 Å². The first-order valence-electron chi connectivity index (χ1n) is 5.47. The quantitative estimate of drug-likeness (QED) is 0.719. The van der Waals surface area contributed by atoms with Gasteiger partial charge in [-0.25, -0.2) is 4.39 Å². The lowest BCUT2D eigenvalue weighted by Crippen LogP contribution is -2.17. The average molecular weight is 270 g/mol. The fourth-order valence-corrected chi connectivity index (χ4v) is 1.63. The van der Waals surface area contributed by atoms with Gasteiger partial charge in [-0.05, 0) is 30.2 Å². The molecule has 0 bridgehead atoms. The Bertz CT molecular complexity index is 573. The first-order chi connectivity index (χ1) is 8.85. The molecule has 0 unspecified atom stereocenters. The van der Waals surface area contributed by atoms with Gasteiger partial charge >= 0.3 is 6.36 Å². The van der Waals surface area contributed by atoms with E-state index in [0.29, 0.717) is 5.56 Å². The predicted molar refractivity (Wildman–Crippen MR) is 63.3 cm³/mol. The molecule has 0 aliphatic carbocycles. The van der Waals surface area contributed by atoms with Gasteiger partial charge in [-0.15, -0.1) is 13.2 Å². The van der Waals surface area contributed by atoms with Crippen molar-refractivity contribution in [2.75, 3.05) is 0 Å². The van der Waals surface area contributed by atoms with Crippen molar-refractivity contribution >= 4 is 0 Å². The van der Waals surface area contributed by atoms with Crippen molar-refractivity contribution in [1.29, 1.82) is 0 Å². The molecule has 0 aliphatic rings. The van der Waals surface area contributed by atoms with Crippen molar-refractivity contribution in [3.05, 3.63) is 53.8 Å². The molecule has 0 heterocycles. The van der Waals surface area contributed by atoms with Crippen LogP contribution in [-0.4, -0.2) is 6.36 Å². The van der Waals surface area contributed by atoms with Crippen LogP contribution in [0.5, 0.6) is 5.75 Å². The van der Waals surface area contributed by atoms with Crippen LogP contribution < -0.4 is 4.74 Å². The van der Waals surface area contributed by atoms with E-state index in [1.807, 2.05) is 19.1 Å². The van der Waals surface area contributed by atoms with Gasteiger partial charge in [0, 0.05) is 0 Å². The van der Waals surface area contributed by atoms with E-state index in [9.17, 15) is 17.6 Å². The van der Waals surface area contributed by atoms with E-state index in [1.54, 1.807) is 12.1 Å². The number of aryl methyl sites for hydroxylation is 1. The molecule has 0 radical (unpaired) electrons. The van der Waals surface area contributed by atoms with Gasteiger partial charge in [0.05, 0.1) is 0 Å². The Morgan fingerprint density at radius 1 is 0.895 bits per heavy atom. The molecule has 2 rings (SSSR count). The van der Waals surface area contributed by atoms with E-state index in [-0.39, 0.29) is 0 Å². The zero-order chi connectivity index (χ0) is 14.0. The van der Waals surface area contributed by atoms with Crippen LogP contribution in [0.3, 0.4) is 0 Å². The van der Waals surface area contributed by atoms with Crippen molar-refractivity contribution in [1.82, 2.24) is 0 Å². The van der Waals surface area contributed by atoms with Crippen molar-refractivity contribution < 1.29 is 22.3 Å². The summed E-state index contributed by atoms with van der Waals surface area (Å²) in [6.45, 7) is 1.91. The van der Waals surface area contributed by atoms with Gasteiger partial charge in [-0.3, -0.25) is 0 Å². The van der Waals surface area contributed by atoms with E-state index in [4.69, 9.17) is 0 Å². The maximum Gasteiger partial charge on any atom is 0.573 e. The smallest absolute Gasteiger partial charge is 0.403 e. The molecular formula is C14H10F4O. The van der Waals surface area contributed by atoms with Gasteiger partial charge in [0.25, 0.3) is 0 Å². The van der Waals surface area contributed by atoms with E-state index in [0.717, 1.165) is 23.3 Å². The summed E-state index contributed by atoms with van der Waals surface area (Å²) >= 11 is 0. The first kappa shape index (κ1) is 13.4. The number of rotatable bonds is 2. The fraction of sp³-hybridized carbons (Fsp3) is 0.143. The largest absolute Gasteiger partial charge is 0.573 e. The Kier molecular flexibility index (Phi) is 3.46. The average Bonchev–Trinajstić information content (AvgIpc) is 2.31. The minimum absolute atomic E-state index is 0.493. The highest BCUT2D eigenvalue weighted by Crippen LogP contribution is 2.29. The molecule has 19 heavy (non-hydrogen) atoms. The third-order valence-electron chi connectivity index (χ3n) is 2.54. The molecule has 0 aliphatic heterocycles. The Morgan fingerprint density at radius 3 is 2.00 bits per heavy atom. The van der Waals surface area contributed by atoms with Gasteiger partial charge < -0.3 is 4.74 Å². The van der Waals surface area contributed by atoms with Crippen LogP contribution in [0.2, 0.25) is 0 Å². The molecule has 0 aromatic heterocycles. The Balaban J connectivity index is 2.31. The maximum atomic E-state index is 13.5. The molecule has 0 saturated heterocycles. The molecule has 2 aromatic carbocycles. The molecule has 100 valence electrons. The number of hydrogen-bond acceptors (Lipinski definition) is 1. The topological polar surface area (TPSA) is 9.23 Å². The molecule has 2 aromatic rings. The van der Waals surface area contributed by atoms with Crippen molar-refractivity contribution in [2.24, 2.45) is 0 Å². The first-order valence-corrected chi connectivity index (χ1v) is 5.47. The van der Waals surface area contributed by atoms with Crippen molar-refractivity contribution in [3.63, 3.8) is 0 Å². The number of hydrogen-bond donors (Lipinski definition) is 0. The normalized spacial score (nSPS) is 11.4. The lowest BCUT2D eigenvalue weighted by atomic mass is 10.0. The summed E-state index contributed by atoms with van der Waals surface area (Å²) < 4.78 is 53.1. The minimum atomic E-state index is -4.90. The second-order valence-electron chi connectivity index (χ2n) is 4.06. The van der Waals surface area contributed by atoms with Crippen LogP contribution in [0.15, 0.2) is 42.5 Å². The van der Waals surface area contributed by atoms with E-state index in [1.165, 1.54) is 6.07 Å². The zero-order valence-electron chi connectivity index (χ0n) is 9.96. The van der Waals surface area contributed by atoms with Crippen molar-refractivity contribution in [2.45, 2.75) is 13.3 Å². The third-order valence-corrected chi connectivity index (χ3v) is 2.54. The second-order valence-corrected chi connectivity index (χ2v) is 4.06. The lowest BCUT2D eigenvalue weighted by Gasteiger charge is -2.10. The minimum Gasteiger partial charge on any atom is -0.403 e. The van der Waals surface area contributed by atoms with Crippen LogP contribution in [0.4, 0.5) is 17.6 Å². The number of alkyl halides is 3. The van der Waals surface area contributed by atoms with Crippen LogP contribution in [0, 0.1) is 12.7 Å². The van der Waals surface area contributed by atoms with E-state index >= 15 is 0 Å². The Labute approximate surface area is 107 Å². The molecule has 0 N–H and O–H groups in total. The summed E-state index contributed by atoms with van der Waals surface area (Å²) in [5, 5.41) is 0. The van der Waals surface area contributed by atoms with Crippen LogP contribution in [0.25, 0.3) is 11.1 Å². The number of benzene rings is 2. The standard InChI is InChI=1S/C14H10F4O/c1-9-2-4-10(5-3-9)11-6-7-13(12(15)8-11)19-14(16,17)18/h2-8H,1H3. The molecule has 0 saturated carbocycles. The highest BCUT2D eigenvalue weighted by Gasteiger charge is 2.32. The van der Waals surface area contributed by atoms with Gasteiger partial charge in [-0.2, -0.15) is 0 Å². The molecule has 0 amide bonds. The number of halogens is 4. The maximum absolute atomic E-state index is 13.5. The van der Waals surface area contributed by atoms with Gasteiger partial charge in [0.15, 0.2) is 11.6 Å². The van der Waals surface area contributed by atoms with Crippen LogP contribution in [0.1, 0.15) is 5.56 Å². The molecule has 1 nitrogen and oxygen atoms in total. The SMILES string of the molecule is Cc1ccc(-c2ccc(OC(F)(F)F)c(F)c2)cc1. The highest BCUT2D eigenvalue weighted by molar-refractivity contribution is 5.64. The third kappa shape index (κ3) is 3.47. The number of ether oxygens (including phenoxy) is 1. The Hall–Kier alpha value is -2.04. The van der Waals surface area contributed by atoms with Crippen molar-refractivity contribution in [3.8, 4) is 16.9 Å². The fourth-order valence-electron chi connectivity index (χ4n) is 1.63. The molecular weight excluding hydrogens is 260 g/mol. The molecule has 0 fully saturated rings. The summed E-state index contributed by atoms with van der Waals surface area (Å²) in [6, 6.07) is 10.6. The summed E-state index contributed by atoms with van der Waals surface area (Å²) in [7, 11) is 0. The monoisotopic (exact) mass is 270 g/mol. The zero-order valence-corrected chi connectivity index (χ0v) is 9.96.